The lowest BCUT2D eigenvalue weighted by molar-refractivity contribution is -0.152. The van der Waals surface area contributed by atoms with Crippen LogP contribution < -0.4 is 9.47 Å². The number of hydrogen-bond acceptors (Lipinski definition) is 4. The number of ether oxygens (including phenoxy) is 3. The zero-order chi connectivity index (χ0) is 18.4. The summed E-state index contributed by atoms with van der Waals surface area (Å²) < 4.78 is 16.6. The molecule has 1 saturated carbocycles. The van der Waals surface area contributed by atoms with Gasteiger partial charge in [-0.1, -0.05) is 44.0 Å². The van der Waals surface area contributed by atoms with Gasteiger partial charge in [0, 0.05) is 11.6 Å². The van der Waals surface area contributed by atoms with Crippen molar-refractivity contribution >= 4 is 17.6 Å². The predicted octanol–water partition coefficient (Wildman–Crippen LogP) is 5.30. The number of carbonyl (C=O) groups is 1. The number of hydrogen-bond donors (Lipinski definition) is 0. The first-order valence-electron chi connectivity index (χ1n) is 8.70. The molecule has 0 unspecified atom stereocenters. The summed E-state index contributed by atoms with van der Waals surface area (Å²) in [6.45, 7) is 10.5. The van der Waals surface area contributed by atoms with E-state index in [1.54, 1.807) is 6.07 Å². The van der Waals surface area contributed by atoms with Crippen LogP contribution in [0, 0.1) is 17.3 Å². The molecular weight excluding hydrogens is 340 g/mol. The van der Waals surface area contributed by atoms with E-state index in [0.717, 1.165) is 5.56 Å². The molecule has 0 spiro atoms. The molecule has 1 aromatic carbocycles. The molecule has 0 aromatic heterocycles. The highest BCUT2D eigenvalue weighted by Gasteiger charge is 2.61. The Bertz CT molecular complexity index is 719. The number of halogens is 1. The highest BCUT2D eigenvalue weighted by molar-refractivity contribution is 6.31. The number of benzene rings is 1. The molecule has 1 aliphatic carbocycles. The van der Waals surface area contributed by atoms with Crippen LogP contribution >= 0.6 is 11.6 Å². The summed E-state index contributed by atoms with van der Waals surface area (Å²) in [5.41, 5.74) is 1.92. The minimum Gasteiger partial charge on any atom is -0.457 e. The average molecular weight is 365 g/mol. The van der Waals surface area contributed by atoms with E-state index in [2.05, 4.69) is 33.8 Å². The lowest BCUT2D eigenvalue weighted by Gasteiger charge is -2.19. The van der Waals surface area contributed by atoms with Crippen molar-refractivity contribution in [1.29, 1.82) is 0 Å². The zero-order valence-electron chi connectivity index (χ0n) is 15.4. The van der Waals surface area contributed by atoms with E-state index in [1.807, 2.05) is 13.0 Å². The van der Waals surface area contributed by atoms with Gasteiger partial charge in [-0.05, 0) is 37.7 Å². The van der Waals surface area contributed by atoms with Gasteiger partial charge in [0.2, 0.25) is 6.79 Å². The standard InChI is InChI=1S/C20H25ClO4/c1-6-15(12-8-16-17(9-14(12)21)24-10-23-16)25-19(22)18-13(7-11(2)3)20(18,4)5/h7-9,13,15,18H,6,10H2,1-5H3/t13-,15+,18+/m0/s1. The molecule has 25 heavy (non-hydrogen) atoms. The first-order valence-corrected chi connectivity index (χ1v) is 9.08. The molecule has 0 amide bonds. The van der Waals surface area contributed by atoms with Gasteiger partial charge >= 0.3 is 5.97 Å². The molecule has 2 aliphatic rings. The molecule has 3 atom stereocenters. The number of esters is 1. The Morgan fingerprint density at radius 3 is 2.60 bits per heavy atom. The molecular formula is C20H25ClO4. The molecule has 1 aliphatic heterocycles. The van der Waals surface area contributed by atoms with Crippen LogP contribution in [0.1, 0.15) is 52.7 Å². The monoisotopic (exact) mass is 364 g/mol. The lowest BCUT2D eigenvalue weighted by Crippen LogP contribution is -2.15. The number of carbonyl (C=O) groups excluding carboxylic acids is 1. The second-order valence-electron chi connectivity index (χ2n) is 7.63. The van der Waals surface area contributed by atoms with Crippen LogP contribution in [0.5, 0.6) is 11.5 Å². The quantitative estimate of drug-likeness (QED) is 0.525. The van der Waals surface area contributed by atoms with Crippen LogP contribution in [0.4, 0.5) is 0 Å². The summed E-state index contributed by atoms with van der Waals surface area (Å²) in [7, 11) is 0. The lowest BCUT2D eigenvalue weighted by atomic mass is 10.1. The van der Waals surface area contributed by atoms with E-state index in [0.29, 0.717) is 22.9 Å². The van der Waals surface area contributed by atoms with Gasteiger partial charge in [-0.25, -0.2) is 0 Å². The fraction of sp³-hybridized carbons (Fsp3) is 0.550. The van der Waals surface area contributed by atoms with Crippen LogP contribution in [-0.2, 0) is 9.53 Å². The Kier molecular flexibility index (Phi) is 4.76. The Hall–Kier alpha value is -1.68. The third-order valence-electron chi connectivity index (χ3n) is 5.15. The molecule has 0 bridgehead atoms. The molecule has 0 radical (unpaired) electrons. The van der Waals surface area contributed by atoms with Gasteiger partial charge in [0.05, 0.1) is 10.9 Å². The molecule has 3 rings (SSSR count). The second-order valence-corrected chi connectivity index (χ2v) is 8.04. The number of fused-ring (bicyclic) bond motifs is 1. The topological polar surface area (TPSA) is 44.8 Å². The summed E-state index contributed by atoms with van der Waals surface area (Å²) in [6.07, 6.45) is 2.42. The van der Waals surface area contributed by atoms with Crippen LogP contribution in [0.3, 0.4) is 0 Å². The Balaban J connectivity index is 1.77. The number of rotatable bonds is 5. The normalized spacial score (nSPS) is 23.8. The SMILES string of the molecule is CC[C@@H](OC(=O)[C@H]1[C@H](C=C(C)C)C1(C)C)c1cc2c(cc1Cl)OCO2. The fourth-order valence-corrected chi connectivity index (χ4v) is 3.83. The fourth-order valence-electron chi connectivity index (χ4n) is 3.56. The van der Waals surface area contributed by atoms with Crippen LogP contribution in [0.15, 0.2) is 23.8 Å². The molecule has 1 aromatic rings. The van der Waals surface area contributed by atoms with E-state index in [-0.39, 0.29) is 30.0 Å². The zero-order valence-corrected chi connectivity index (χ0v) is 16.1. The molecule has 136 valence electrons. The predicted molar refractivity (Wildman–Crippen MR) is 96.9 cm³/mol. The van der Waals surface area contributed by atoms with Crippen molar-refractivity contribution in [2.24, 2.45) is 17.3 Å². The van der Waals surface area contributed by atoms with Crippen molar-refractivity contribution in [3.05, 3.63) is 34.4 Å². The molecule has 4 nitrogen and oxygen atoms in total. The first-order chi connectivity index (χ1) is 11.8. The molecule has 5 heteroatoms. The summed E-state index contributed by atoms with van der Waals surface area (Å²) in [5.74, 6) is 1.23. The minimum atomic E-state index is -0.391. The van der Waals surface area contributed by atoms with Gasteiger partial charge < -0.3 is 14.2 Å². The van der Waals surface area contributed by atoms with Crippen LogP contribution in [-0.4, -0.2) is 12.8 Å². The highest BCUT2D eigenvalue weighted by atomic mass is 35.5. The van der Waals surface area contributed by atoms with Gasteiger partial charge in [-0.15, -0.1) is 0 Å². The van der Waals surface area contributed by atoms with Crippen molar-refractivity contribution < 1.29 is 19.0 Å². The Morgan fingerprint density at radius 1 is 1.36 bits per heavy atom. The maximum absolute atomic E-state index is 12.8. The van der Waals surface area contributed by atoms with Crippen LogP contribution in [0.25, 0.3) is 0 Å². The Labute approximate surface area is 154 Å². The summed E-state index contributed by atoms with van der Waals surface area (Å²) in [5, 5.41) is 0.528. The summed E-state index contributed by atoms with van der Waals surface area (Å²) in [6, 6.07) is 3.54. The third kappa shape index (κ3) is 3.37. The van der Waals surface area contributed by atoms with Crippen molar-refractivity contribution in [2.75, 3.05) is 6.79 Å². The first kappa shape index (κ1) is 18.1. The number of allylic oxidation sites excluding steroid dienone is 2. The van der Waals surface area contributed by atoms with Gasteiger partial charge in [-0.3, -0.25) is 4.79 Å². The van der Waals surface area contributed by atoms with Crippen molar-refractivity contribution in [3.8, 4) is 11.5 Å². The van der Waals surface area contributed by atoms with Gasteiger partial charge in [0.15, 0.2) is 11.5 Å². The van der Waals surface area contributed by atoms with E-state index >= 15 is 0 Å². The summed E-state index contributed by atoms with van der Waals surface area (Å²) in [4.78, 5) is 12.8. The van der Waals surface area contributed by atoms with Crippen molar-refractivity contribution in [3.63, 3.8) is 0 Å². The van der Waals surface area contributed by atoms with Gasteiger partial charge in [0.25, 0.3) is 0 Å². The third-order valence-corrected chi connectivity index (χ3v) is 5.47. The molecule has 0 saturated heterocycles. The highest BCUT2D eigenvalue weighted by Crippen LogP contribution is 2.60. The second kappa shape index (κ2) is 6.56. The van der Waals surface area contributed by atoms with E-state index in [4.69, 9.17) is 25.8 Å². The maximum Gasteiger partial charge on any atom is 0.310 e. The molecule has 1 fully saturated rings. The van der Waals surface area contributed by atoms with Crippen molar-refractivity contribution in [1.82, 2.24) is 0 Å². The smallest absolute Gasteiger partial charge is 0.310 e. The minimum absolute atomic E-state index is 0.0642. The van der Waals surface area contributed by atoms with E-state index < -0.39 is 6.10 Å². The van der Waals surface area contributed by atoms with Crippen molar-refractivity contribution in [2.45, 2.75) is 47.1 Å². The largest absolute Gasteiger partial charge is 0.457 e. The average Bonchev–Trinajstić information content (AvgIpc) is 2.86. The van der Waals surface area contributed by atoms with Gasteiger partial charge in [-0.2, -0.15) is 0 Å². The van der Waals surface area contributed by atoms with Gasteiger partial charge in [0.1, 0.15) is 6.10 Å². The Morgan fingerprint density at radius 2 is 2.00 bits per heavy atom. The van der Waals surface area contributed by atoms with E-state index in [9.17, 15) is 4.79 Å². The maximum atomic E-state index is 12.8. The molecule has 1 heterocycles. The van der Waals surface area contributed by atoms with E-state index in [1.165, 1.54) is 5.57 Å². The summed E-state index contributed by atoms with van der Waals surface area (Å²) >= 11 is 6.38. The molecule has 0 N–H and O–H groups in total. The van der Waals surface area contributed by atoms with Crippen LogP contribution in [0.2, 0.25) is 5.02 Å².